The van der Waals surface area contributed by atoms with Crippen molar-refractivity contribution in [1.82, 2.24) is 9.78 Å². The van der Waals surface area contributed by atoms with E-state index in [0.29, 0.717) is 5.41 Å². The van der Waals surface area contributed by atoms with Crippen LogP contribution in [0.15, 0.2) is 0 Å². The summed E-state index contributed by atoms with van der Waals surface area (Å²) in [6.45, 7) is 11.9. The summed E-state index contributed by atoms with van der Waals surface area (Å²) in [5.74, 6) is 0. The summed E-state index contributed by atoms with van der Waals surface area (Å²) in [5.41, 5.74) is 2.72. The predicted octanol–water partition coefficient (Wildman–Crippen LogP) is 3.15. The van der Waals surface area contributed by atoms with Crippen molar-refractivity contribution in [3.05, 3.63) is 15.0 Å². The predicted molar refractivity (Wildman–Crippen MR) is 63.9 cm³/mol. The van der Waals surface area contributed by atoms with Gasteiger partial charge in [0.15, 0.2) is 0 Å². The normalized spacial score (nSPS) is 12.2. The summed E-state index contributed by atoms with van der Waals surface area (Å²) in [7, 11) is 0. The molecular weight excluding hydrogens is 275 g/mol. The Morgan fingerprint density at radius 1 is 1.31 bits per heavy atom. The van der Waals surface area contributed by atoms with E-state index < -0.39 is 0 Å². The first-order valence-corrected chi connectivity index (χ1v) is 5.58. The van der Waals surface area contributed by atoms with Gasteiger partial charge in [0, 0.05) is 12.2 Å². The van der Waals surface area contributed by atoms with Crippen LogP contribution in [0.2, 0.25) is 0 Å². The minimum absolute atomic E-state index is 0.298. The van der Waals surface area contributed by atoms with Gasteiger partial charge in [0.1, 0.15) is 0 Å². The van der Waals surface area contributed by atoms with Gasteiger partial charge in [0.05, 0.1) is 9.26 Å². The summed E-state index contributed by atoms with van der Waals surface area (Å²) in [6.07, 6.45) is 0. The van der Waals surface area contributed by atoms with Gasteiger partial charge in [0.2, 0.25) is 0 Å². The van der Waals surface area contributed by atoms with Crippen molar-refractivity contribution < 1.29 is 0 Å². The molecule has 0 bridgehead atoms. The van der Waals surface area contributed by atoms with Crippen molar-refractivity contribution in [2.24, 2.45) is 5.41 Å². The van der Waals surface area contributed by atoms with Crippen molar-refractivity contribution in [3.8, 4) is 0 Å². The largest absolute Gasteiger partial charge is 0.268 e. The molecule has 0 atom stereocenters. The zero-order chi connectivity index (χ0) is 10.2. The fraction of sp³-hybridized carbons (Fsp3) is 0.700. The standard InChI is InChI=1S/C10H17IN2/c1-7-9(11)8(2)13(12-7)6-10(3,4)5/h6H2,1-5H3. The Bertz CT molecular complexity index is 307. The molecule has 0 aliphatic carbocycles. The number of aryl methyl sites for hydroxylation is 1. The van der Waals surface area contributed by atoms with Gasteiger partial charge in [-0.15, -0.1) is 0 Å². The van der Waals surface area contributed by atoms with Crippen molar-refractivity contribution in [2.75, 3.05) is 0 Å². The van der Waals surface area contributed by atoms with E-state index in [2.05, 4.69) is 67.0 Å². The van der Waals surface area contributed by atoms with Gasteiger partial charge in [-0.1, -0.05) is 20.8 Å². The lowest BCUT2D eigenvalue weighted by Gasteiger charge is -2.18. The monoisotopic (exact) mass is 292 g/mol. The van der Waals surface area contributed by atoms with Crippen molar-refractivity contribution >= 4 is 22.6 Å². The second-order valence-corrected chi connectivity index (χ2v) is 5.78. The molecule has 3 heteroatoms. The second kappa shape index (κ2) is 3.59. The van der Waals surface area contributed by atoms with Gasteiger partial charge in [-0.3, -0.25) is 4.68 Å². The molecule has 0 radical (unpaired) electrons. The second-order valence-electron chi connectivity index (χ2n) is 4.70. The maximum absolute atomic E-state index is 4.50. The van der Waals surface area contributed by atoms with Crippen LogP contribution >= 0.6 is 22.6 Å². The molecule has 1 aromatic heterocycles. The van der Waals surface area contributed by atoms with Gasteiger partial charge in [0.25, 0.3) is 0 Å². The topological polar surface area (TPSA) is 17.8 Å². The smallest absolute Gasteiger partial charge is 0.0729 e. The van der Waals surface area contributed by atoms with Gasteiger partial charge in [-0.05, 0) is 41.9 Å². The molecule has 0 aliphatic rings. The lowest BCUT2D eigenvalue weighted by Crippen LogP contribution is -2.17. The van der Waals surface area contributed by atoms with Crippen LogP contribution < -0.4 is 0 Å². The van der Waals surface area contributed by atoms with Crippen molar-refractivity contribution in [2.45, 2.75) is 41.2 Å². The Morgan fingerprint density at radius 3 is 2.15 bits per heavy atom. The summed E-state index contributed by atoms with van der Waals surface area (Å²) in [5, 5.41) is 4.50. The van der Waals surface area contributed by atoms with E-state index in [1.165, 1.54) is 9.26 Å². The molecule has 0 amide bonds. The zero-order valence-electron chi connectivity index (χ0n) is 8.98. The van der Waals surface area contributed by atoms with E-state index in [0.717, 1.165) is 12.2 Å². The lowest BCUT2D eigenvalue weighted by molar-refractivity contribution is 0.321. The molecule has 1 heterocycles. The highest BCUT2D eigenvalue weighted by atomic mass is 127. The molecule has 0 unspecified atom stereocenters. The highest BCUT2D eigenvalue weighted by Crippen LogP contribution is 2.21. The molecule has 1 aromatic rings. The molecule has 0 fully saturated rings. The van der Waals surface area contributed by atoms with Crippen molar-refractivity contribution in [1.29, 1.82) is 0 Å². The fourth-order valence-corrected chi connectivity index (χ4v) is 1.66. The number of hydrogen-bond acceptors (Lipinski definition) is 1. The minimum atomic E-state index is 0.298. The van der Waals surface area contributed by atoms with E-state index in [1.807, 2.05) is 0 Å². The third-order valence-electron chi connectivity index (χ3n) is 1.92. The number of nitrogens with zero attached hydrogens (tertiary/aromatic N) is 2. The van der Waals surface area contributed by atoms with Crippen LogP contribution in [0.5, 0.6) is 0 Å². The van der Waals surface area contributed by atoms with Gasteiger partial charge < -0.3 is 0 Å². The lowest BCUT2D eigenvalue weighted by atomic mass is 9.97. The van der Waals surface area contributed by atoms with Crippen LogP contribution in [0.1, 0.15) is 32.2 Å². The molecule has 74 valence electrons. The summed E-state index contributed by atoms with van der Waals surface area (Å²) in [4.78, 5) is 0. The number of rotatable bonds is 1. The fourth-order valence-electron chi connectivity index (χ4n) is 1.28. The van der Waals surface area contributed by atoms with Gasteiger partial charge in [-0.2, -0.15) is 5.10 Å². The molecule has 13 heavy (non-hydrogen) atoms. The molecule has 0 saturated carbocycles. The average molecular weight is 292 g/mol. The molecule has 1 rings (SSSR count). The zero-order valence-corrected chi connectivity index (χ0v) is 11.1. The molecule has 0 spiro atoms. The van der Waals surface area contributed by atoms with E-state index >= 15 is 0 Å². The molecule has 0 aliphatic heterocycles. The minimum Gasteiger partial charge on any atom is -0.268 e. The average Bonchev–Trinajstić information content (AvgIpc) is 2.15. The van der Waals surface area contributed by atoms with Gasteiger partial charge >= 0.3 is 0 Å². The Balaban J connectivity index is 2.97. The Morgan fingerprint density at radius 2 is 1.85 bits per heavy atom. The molecular formula is C10H17IN2. The van der Waals surface area contributed by atoms with Crippen LogP contribution in [0.4, 0.5) is 0 Å². The van der Waals surface area contributed by atoms with E-state index in [-0.39, 0.29) is 0 Å². The Labute approximate surface area is 93.9 Å². The highest BCUT2D eigenvalue weighted by Gasteiger charge is 2.15. The van der Waals surface area contributed by atoms with Crippen LogP contribution in [0.25, 0.3) is 0 Å². The van der Waals surface area contributed by atoms with Crippen molar-refractivity contribution in [3.63, 3.8) is 0 Å². The first kappa shape index (κ1) is 11.0. The maximum atomic E-state index is 4.50. The van der Waals surface area contributed by atoms with E-state index in [9.17, 15) is 0 Å². The van der Waals surface area contributed by atoms with E-state index in [1.54, 1.807) is 0 Å². The molecule has 0 N–H and O–H groups in total. The number of aromatic nitrogens is 2. The van der Waals surface area contributed by atoms with Crippen LogP contribution in [-0.2, 0) is 6.54 Å². The quantitative estimate of drug-likeness (QED) is 0.727. The summed E-state index contributed by atoms with van der Waals surface area (Å²) in [6, 6.07) is 0. The number of hydrogen-bond donors (Lipinski definition) is 0. The van der Waals surface area contributed by atoms with E-state index in [4.69, 9.17) is 0 Å². The first-order valence-electron chi connectivity index (χ1n) is 4.51. The Hall–Kier alpha value is -0.0600. The van der Waals surface area contributed by atoms with Crippen LogP contribution in [0.3, 0.4) is 0 Å². The third kappa shape index (κ3) is 2.69. The summed E-state index contributed by atoms with van der Waals surface area (Å²) < 4.78 is 3.40. The third-order valence-corrected chi connectivity index (χ3v) is 3.48. The van der Waals surface area contributed by atoms with Crippen LogP contribution in [-0.4, -0.2) is 9.78 Å². The molecule has 2 nitrogen and oxygen atoms in total. The van der Waals surface area contributed by atoms with Crippen LogP contribution in [0, 0.1) is 22.8 Å². The molecule has 0 saturated heterocycles. The number of halogens is 1. The van der Waals surface area contributed by atoms with Gasteiger partial charge in [-0.25, -0.2) is 0 Å². The first-order chi connectivity index (χ1) is 5.81. The Kier molecular flexibility index (Phi) is 3.05. The maximum Gasteiger partial charge on any atom is 0.0729 e. The molecule has 0 aromatic carbocycles. The summed E-state index contributed by atoms with van der Waals surface area (Å²) >= 11 is 2.36. The highest BCUT2D eigenvalue weighted by molar-refractivity contribution is 14.1. The SMILES string of the molecule is Cc1nn(CC(C)(C)C)c(C)c1I.